The van der Waals surface area contributed by atoms with Crippen LogP contribution in [0.4, 0.5) is 5.69 Å². The van der Waals surface area contributed by atoms with Crippen molar-refractivity contribution >= 4 is 17.5 Å². The zero-order chi connectivity index (χ0) is 29.8. The number of carbonyl (C=O) groups is 2. The highest BCUT2D eigenvalue weighted by Crippen LogP contribution is 2.40. The van der Waals surface area contributed by atoms with E-state index in [1.165, 1.54) is 19.3 Å². The highest BCUT2D eigenvalue weighted by Gasteiger charge is 2.30. The minimum Gasteiger partial charge on any atom is -0.473 e. The molecule has 2 N–H and O–H groups in total. The van der Waals surface area contributed by atoms with Crippen molar-refractivity contribution in [2.75, 3.05) is 70.3 Å². The second-order valence-corrected chi connectivity index (χ2v) is 12.9. The summed E-state index contributed by atoms with van der Waals surface area (Å²) in [4.78, 5) is 38.1. The van der Waals surface area contributed by atoms with E-state index >= 15 is 0 Å². The third kappa shape index (κ3) is 6.99. The lowest BCUT2D eigenvalue weighted by Gasteiger charge is -2.35. The van der Waals surface area contributed by atoms with Crippen molar-refractivity contribution in [3.63, 3.8) is 0 Å². The molecular formula is C34H48N6O3. The van der Waals surface area contributed by atoms with Gasteiger partial charge in [0.2, 0.25) is 5.88 Å². The Morgan fingerprint density at radius 2 is 1.53 bits per heavy atom. The van der Waals surface area contributed by atoms with Crippen LogP contribution in [0.15, 0.2) is 30.5 Å². The van der Waals surface area contributed by atoms with Crippen LogP contribution in [0.1, 0.15) is 83.2 Å². The van der Waals surface area contributed by atoms with Gasteiger partial charge in [-0.1, -0.05) is 13.3 Å². The topological polar surface area (TPSA) is 90.0 Å². The Kier molecular flexibility index (Phi) is 9.48. The van der Waals surface area contributed by atoms with Gasteiger partial charge in [0.05, 0.1) is 5.56 Å². The van der Waals surface area contributed by atoms with Gasteiger partial charge < -0.3 is 30.1 Å². The minimum absolute atomic E-state index is 0.00581. The number of aromatic nitrogens is 1. The molecule has 1 aromatic heterocycles. The van der Waals surface area contributed by atoms with Gasteiger partial charge in [0.15, 0.2) is 0 Å². The van der Waals surface area contributed by atoms with Crippen LogP contribution in [0.3, 0.4) is 0 Å². The molecule has 1 saturated carbocycles. The lowest BCUT2D eigenvalue weighted by Crippen LogP contribution is -2.50. The van der Waals surface area contributed by atoms with Crippen LogP contribution < -0.4 is 20.3 Å². The van der Waals surface area contributed by atoms with Crippen molar-refractivity contribution in [3.8, 4) is 5.88 Å². The number of ether oxygens (including phenoxy) is 1. The van der Waals surface area contributed by atoms with Crippen LogP contribution in [0.5, 0.6) is 5.88 Å². The predicted octanol–water partition coefficient (Wildman–Crippen LogP) is 3.82. The zero-order valence-corrected chi connectivity index (χ0v) is 25.9. The van der Waals surface area contributed by atoms with E-state index in [-0.39, 0.29) is 17.9 Å². The third-order valence-corrected chi connectivity index (χ3v) is 9.93. The molecule has 1 atom stereocenters. The molecule has 1 aliphatic carbocycles. The summed E-state index contributed by atoms with van der Waals surface area (Å²) in [5, 5.41) is 6.77. The Morgan fingerprint density at radius 1 is 0.837 bits per heavy atom. The monoisotopic (exact) mass is 588 g/mol. The van der Waals surface area contributed by atoms with Gasteiger partial charge in [-0.25, -0.2) is 4.98 Å². The largest absolute Gasteiger partial charge is 0.473 e. The molecule has 232 valence electrons. The fourth-order valence-corrected chi connectivity index (χ4v) is 7.22. The summed E-state index contributed by atoms with van der Waals surface area (Å²) >= 11 is 0. The molecule has 3 saturated heterocycles. The summed E-state index contributed by atoms with van der Waals surface area (Å²) in [5.74, 6) is 1.92. The van der Waals surface area contributed by atoms with Crippen molar-refractivity contribution in [1.82, 2.24) is 25.4 Å². The van der Waals surface area contributed by atoms with Crippen LogP contribution in [0.25, 0.3) is 0 Å². The molecule has 2 aromatic rings. The SMILES string of the molecule is CCC1CCC(c2cc(C(=O)N3CCN(C(=O)c4cc(C)cc(N5CCNCC5)c4)CC3)cnc2O[C@H]2CCNC2)CC1. The average molecular weight is 589 g/mol. The van der Waals surface area contributed by atoms with Gasteiger partial charge in [-0.3, -0.25) is 9.59 Å². The molecule has 0 spiro atoms. The van der Waals surface area contributed by atoms with Crippen LogP contribution in [0.2, 0.25) is 0 Å². The molecule has 4 heterocycles. The van der Waals surface area contributed by atoms with Crippen molar-refractivity contribution in [2.24, 2.45) is 5.92 Å². The first-order chi connectivity index (χ1) is 21.0. The number of amides is 2. The van der Waals surface area contributed by atoms with Gasteiger partial charge >= 0.3 is 0 Å². The normalized spacial score (nSPS) is 24.7. The Bertz CT molecular complexity index is 1270. The minimum atomic E-state index is -0.00581. The predicted molar refractivity (Wildman–Crippen MR) is 169 cm³/mol. The van der Waals surface area contributed by atoms with Crippen LogP contribution >= 0.6 is 0 Å². The highest BCUT2D eigenvalue weighted by atomic mass is 16.5. The van der Waals surface area contributed by atoms with Gasteiger partial charge in [-0.2, -0.15) is 0 Å². The van der Waals surface area contributed by atoms with E-state index in [0.29, 0.717) is 43.5 Å². The number of anilines is 1. The summed E-state index contributed by atoms with van der Waals surface area (Å²) in [6.07, 6.45) is 8.72. The number of hydrogen-bond donors (Lipinski definition) is 2. The second-order valence-electron chi connectivity index (χ2n) is 12.9. The molecule has 2 amide bonds. The number of benzene rings is 1. The Labute approximate surface area is 256 Å². The van der Waals surface area contributed by atoms with E-state index in [1.54, 1.807) is 6.20 Å². The molecule has 3 aliphatic heterocycles. The first kappa shape index (κ1) is 29.9. The molecule has 0 bridgehead atoms. The number of nitrogens with one attached hydrogen (secondary N) is 2. The Hall–Kier alpha value is -3.17. The maximum Gasteiger partial charge on any atom is 0.255 e. The molecule has 4 fully saturated rings. The summed E-state index contributed by atoms with van der Waals surface area (Å²) in [5.41, 5.74) is 4.66. The molecule has 43 heavy (non-hydrogen) atoms. The molecule has 6 rings (SSSR count). The van der Waals surface area contributed by atoms with E-state index in [9.17, 15) is 9.59 Å². The van der Waals surface area contributed by atoms with E-state index in [0.717, 1.165) is 86.8 Å². The molecular weight excluding hydrogens is 540 g/mol. The summed E-state index contributed by atoms with van der Waals surface area (Å²) < 4.78 is 6.38. The van der Waals surface area contributed by atoms with Crippen LogP contribution in [0, 0.1) is 12.8 Å². The van der Waals surface area contributed by atoms with Crippen molar-refractivity contribution in [1.29, 1.82) is 0 Å². The number of carbonyl (C=O) groups excluding carboxylic acids is 2. The fourth-order valence-electron chi connectivity index (χ4n) is 7.22. The quantitative estimate of drug-likeness (QED) is 0.508. The van der Waals surface area contributed by atoms with E-state index in [2.05, 4.69) is 41.5 Å². The first-order valence-corrected chi connectivity index (χ1v) is 16.5. The molecule has 9 nitrogen and oxygen atoms in total. The second kappa shape index (κ2) is 13.6. The fraction of sp³-hybridized carbons (Fsp3) is 0.618. The Balaban J connectivity index is 1.12. The summed E-state index contributed by atoms with van der Waals surface area (Å²) in [7, 11) is 0. The third-order valence-electron chi connectivity index (χ3n) is 9.93. The molecule has 9 heteroatoms. The van der Waals surface area contributed by atoms with Gasteiger partial charge in [0.1, 0.15) is 6.10 Å². The average Bonchev–Trinajstić information content (AvgIpc) is 3.58. The molecule has 1 aromatic carbocycles. The van der Waals surface area contributed by atoms with Gasteiger partial charge in [-0.05, 0) is 87.2 Å². The van der Waals surface area contributed by atoms with Gasteiger partial charge in [0.25, 0.3) is 11.8 Å². The smallest absolute Gasteiger partial charge is 0.255 e. The van der Waals surface area contributed by atoms with E-state index < -0.39 is 0 Å². The number of nitrogens with zero attached hydrogens (tertiary/aromatic N) is 4. The van der Waals surface area contributed by atoms with E-state index in [1.807, 2.05) is 21.9 Å². The zero-order valence-electron chi connectivity index (χ0n) is 25.9. The number of aryl methyl sites for hydroxylation is 1. The van der Waals surface area contributed by atoms with Crippen molar-refractivity contribution in [2.45, 2.75) is 64.4 Å². The first-order valence-electron chi connectivity index (χ1n) is 16.5. The summed E-state index contributed by atoms with van der Waals surface area (Å²) in [6.45, 7) is 12.0. The summed E-state index contributed by atoms with van der Waals surface area (Å²) in [6, 6.07) is 8.24. The van der Waals surface area contributed by atoms with Gasteiger partial charge in [0, 0.05) is 81.9 Å². The highest BCUT2D eigenvalue weighted by molar-refractivity contribution is 5.96. The number of pyridine rings is 1. The number of hydrogen-bond acceptors (Lipinski definition) is 7. The molecule has 0 radical (unpaired) electrons. The molecule has 4 aliphatic rings. The van der Waals surface area contributed by atoms with E-state index in [4.69, 9.17) is 9.72 Å². The lowest BCUT2D eigenvalue weighted by molar-refractivity contribution is 0.0535. The van der Waals surface area contributed by atoms with Crippen molar-refractivity contribution in [3.05, 3.63) is 52.7 Å². The number of piperazine rings is 2. The lowest BCUT2D eigenvalue weighted by atomic mass is 9.78. The van der Waals surface area contributed by atoms with Crippen molar-refractivity contribution < 1.29 is 14.3 Å². The van der Waals surface area contributed by atoms with Gasteiger partial charge in [-0.15, -0.1) is 0 Å². The molecule has 0 unspecified atom stereocenters. The Morgan fingerprint density at radius 3 is 2.19 bits per heavy atom. The maximum absolute atomic E-state index is 13.7. The maximum atomic E-state index is 13.7. The standard InChI is InChI=1S/C34H48N6O3/c1-3-25-4-6-26(7-5-25)31-21-28(22-37-32(31)43-30-8-9-36-23-30)34(42)40-16-14-39(15-17-40)33(41)27-18-24(2)19-29(20-27)38-12-10-35-11-13-38/h18-22,25-26,30,35-36H,3-17,23H2,1-2H3/t25?,26?,30-/m0/s1. The van der Waals surface area contributed by atoms with Crippen LogP contribution in [-0.4, -0.2) is 98.1 Å². The van der Waals surface area contributed by atoms with Crippen LogP contribution in [-0.2, 0) is 0 Å². The number of rotatable bonds is 7.